The lowest BCUT2D eigenvalue weighted by atomic mass is 10.1. The molecule has 0 bridgehead atoms. The summed E-state index contributed by atoms with van der Waals surface area (Å²) in [5.74, 6) is 0.560. The molecule has 0 spiro atoms. The van der Waals surface area contributed by atoms with Crippen molar-refractivity contribution in [1.29, 1.82) is 0 Å². The van der Waals surface area contributed by atoms with Gasteiger partial charge in [-0.25, -0.2) is 4.98 Å². The molecule has 0 atom stereocenters. The number of nitrogens with one attached hydrogen (secondary N) is 1. The molecule has 0 unspecified atom stereocenters. The van der Waals surface area contributed by atoms with E-state index in [9.17, 15) is 9.59 Å². The number of hydrogen-bond donors (Lipinski definition) is 1. The highest BCUT2D eigenvalue weighted by Gasteiger charge is 2.15. The van der Waals surface area contributed by atoms with Gasteiger partial charge in [0.25, 0.3) is 11.5 Å². The maximum atomic E-state index is 12.8. The Balaban J connectivity index is 1.60. The lowest BCUT2D eigenvalue weighted by molar-refractivity contribution is 0.0951. The molecule has 2 aromatic carbocycles. The maximum absolute atomic E-state index is 12.8. The van der Waals surface area contributed by atoms with Crippen molar-refractivity contribution in [3.8, 4) is 0 Å². The first kappa shape index (κ1) is 19.0. The maximum Gasteiger partial charge on any atom is 0.261 e. The summed E-state index contributed by atoms with van der Waals surface area (Å²) in [7, 11) is 0. The van der Waals surface area contributed by atoms with Crippen molar-refractivity contribution in [3.05, 3.63) is 73.7 Å². The van der Waals surface area contributed by atoms with Crippen LogP contribution in [-0.2, 0) is 19.5 Å². The highest BCUT2D eigenvalue weighted by Crippen LogP contribution is 2.21. The largest absolute Gasteiger partial charge is 0.348 e. The minimum Gasteiger partial charge on any atom is -0.348 e. The molecule has 1 aliphatic rings. The first-order valence-electron chi connectivity index (χ1n) is 9.28. The Morgan fingerprint density at radius 3 is 2.79 bits per heavy atom. The third-order valence-electron chi connectivity index (χ3n) is 5.03. The van der Waals surface area contributed by atoms with Crippen LogP contribution in [0.5, 0.6) is 0 Å². The Labute approximate surface area is 172 Å². The first-order valence-corrected chi connectivity index (χ1v) is 10.0. The van der Waals surface area contributed by atoms with Gasteiger partial charge < -0.3 is 5.32 Å². The molecular weight excluding hydrogens is 397 g/mol. The minimum atomic E-state index is -0.246. The van der Waals surface area contributed by atoms with Gasteiger partial charge >= 0.3 is 0 Å². The average Bonchev–Trinajstić information content (AvgIpc) is 2.92. The van der Waals surface area contributed by atoms with Crippen molar-refractivity contribution in [2.24, 2.45) is 0 Å². The van der Waals surface area contributed by atoms with Crippen molar-refractivity contribution in [3.63, 3.8) is 0 Å². The molecule has 4 rings (SSSR count). The Kier molecular flexibility index (Phi) is 5.38. The summed E-state index contributed by atoms with van der Waals surface area (Å²) in [6, 6.07) is 10.2. The third kappa shape index (κ3) is 3.77. The van der Waals surface area contributed by atoms with Gasteiger partial charge in [0.15, 0.2) is 0 Å². The summed E-state index contributed by atoms with van der Waals surface area (Å²) < 4.78 is 1.78. The van der Waals surface area contributed by atoms with Gasteiger partial charge in [-0.05, 0) is 48.7 Å². The summed E-state index contributed by atoms with van der Waals surface area (Å²) in [5.41, 5.74) is 1.78. The van der Waals surface area contributed by atoms with E-state index < -0.39 is 0 Å². The predicted octanol–water partition coefficient (Wildman–Crippen LogP) is 4.36. The number of amides is 1. The standard InChI is InChI=1S/C21H19Cl2N3O2/c22-15-7-5-14(17(23)11-15)12-24-20(27)13-6-8-16-18(10-13)25-19-4-2-1-3-9-26(19)21(16)28/h5-8,10-11H,1-4,9,12H2,(H,24,27). The number of carbonyl (C=O) groups is 1. The van der Waals surface area contributed by atoms with Gasteiger partial charge in [-0.1, -0.05) is 35.7 Å². The summed E-state index contributed by atoms with van der Waals surface area (Å²) >= 11 is 12.1. The van der Waals surface area contributed by atoms with Crippen LogP contribution in [0.3, 0.4) is 0 Å². The van der Waals surface area contributed by atoms with E-state index in [0.29, 0.717) is 33.1 Å². The molecule has 7 heteroatoms. The molecule has 5 nitrogen and oxygen atoms in total. The highest BCUT2D eigenvalue weighted by molar-refractivity contribution is 6.35. The second-order valence-corrected chi connectivity index (χ2v) is 7.79. The monoisotopic (exact) mass is 415 g/mol. The van der Waals surface area contributed by atoms with Gasteiger partial charge in [0.05, 0.1) is 10.9 Å². The molecular formula is C21H19Cl2N3O2. The molecule has 2 heterocycles. The number of halogens is 2. The van der Waals surface area contributed by atoms with Crippen LogP contribution in [0.25, 0.3) is 10.9 Å². The molecule has 0 radical (unpaired) electrons. The number of benzene rings is 2. The van der Waals surface area contributed by atoms with Crippen LogP contribution in [0.4, 0.5) is 0 Å². The molecule has 28 heavy (non-hydrogen) atoms. The van der Waals surface area contributed by atoms with E-state index in [0.717, 1.165) is 37.1 Å². The summed E-state index contributed by atoms with van der Waals surface area (Å²) in [6.07, 6.45) is 3.91. The molecule has 0 aliphatic carbocycles. The molecule has 0 fully saturated rings. The number of fused-ring (bicyclic) bond motifs is 2. The van der Waals surface area contributed by atoms with Crippen LogP contribution in [-0.4, -0.2) is 15.5 Å². The molecule has 3 aromatic rings. The number of nitrogens with zero attached hydrogens (tertiary/aromatic N) is 2. The van der Waals surface area contributed by atoms with Crippen LogP contribution in [0, 0.1) is 0 Å². The van der Waals surface area contributed by atoms with Crippen LogP contribution in [0.15, 0.2) is 41.2 Å². The van der Waals surface area contributed by atoms with Gasteiger partial charge in [-0.3, -0.25) is 14.2 Å². The van der Waals surface area contributed by atoms with Crippen molar-refractivity contribution in [2.45, 2.75) is 38.8 Å². The Hall–Kier alpha value is -2.37. The van der Waals surface area contributed by atoms with E-state index in [1.807, 2.05) is 0 Å². The van der Waals surface area contributed by atoms with Crippen LogP contribution >= 0.6 is 23.2 Å². The predicted molar refractivity (Wildman–Crippen MR) is 111 cm³/mol. The number of hydrogen-bond acceptors (Lipinski definition) is 3. The fraction of sp³-hybridized carbons (Fsp3) is 0.286. The van der Waals surface area contributed by atoms with E-state index in [1.165, 1.54) is 0 Å². The van der Waals surface area contributed by atoms with Crippen molar-refractivity contribution in [2.75, 3.05) is 0 Å². The van der Waals surface area contributed by atoms with Crippen molar-refractivity contribution < 1.29 is 4.79 Å². The fourth-order valence-corrected chi connectivity index (χ4v) is 3.98. The lowest BCUT2D eigenvalue weighted by Gasteiger charge is -2.11. The Morgan fingerprint density at radius 2 is 1.96 bits per heavy atom. The molecule has 1 aliphatic heterocycles. The van der Waals surface area contributed by atoms with Gasteiger partial charge in [0.1, 0.15) is 5.82 Å². The van der Waals surface area contributed by atoms with E-state index in [1.54, 1.807) is 41.0 Å². The minimum absolute atomic E-state index is 0.0261. The van der Waals surface area contributed by atoms with E-state index in [4.69, 9.17) is 23.2 Å². The summed E-state index contributed by atoms with van der Waals surface area (Å²) in [5, 5.41) is 4.44. The second-order valence-electron chi connectivity index (χ2n) is 6.95. The van der Waals surface area contributed by atoms with E-state index >= 15 is 0 Å². The van der Waals surface area contributed by atoms with Crippen molar-refractivity contribution >= 4 is 40.0 Å². The second kappa shape index (κ2) is 7.94. The number of aromatic nitrogens is 2. The quantitative estimate of drug-likeness (QED) is 0.690. The molecule has 0 saturated carbocycles. The lowest BCUT2D eigenvalue weighted by Crippen LogP contribution is -2.25. The third-order valence-corrected chi connectivity index (χ3v) is 5.62. The number of aryl methyl sites for hydroxylation is 1. The molecule has 1 aromatic heterocycles. The van der Waals surface area contributed by atoms with Crippen LogP contribution in [0.2, 0.25) is 10.0 Å². The normalized spacial score (nSPS) is 13.8. The zero-order valence-corrected chi connectivity index (χ0v) is 16.7. The average molecular weight is 416 g/mol. The smallest absolute Gasteiger partial charge is 0.261 e. The van der Waals surface area contributed by atoms with Gasteiger partial charge in [0.2, 0.25) is 0 Å². The highest BCUT2D eigenvalue weighted by atomic mass is 35.5. The topological polar surface area (TPSA) is 64.0 Å². The Bertz CT molecular complexity index is 1120. The van der Waals surface area contributed by atoms with Gasteiger partial charge in [-0.2, -0.15) is 0 Å². The molecule has 144 valence electrons. The summed E-state index contributed by atoms with van der Waals surface area (Å²) in [4.78, 5) is 30.0. The Morgan fingerprint density at radius 1 is 1.11 bits per heavy atom. The van der Waals surface area contributed by atoms with Crippen molar-refractivity contribution in [1.82, 2.24) is 14.9 Å². The van der Waals surface area contributed by atoms with E-state index in [-0.39, 0.29) is 18.0 Å². The van der Waals surface area contributed by atoms with E-state index in [2.05, 4.69) is 10.3 Å². The fourth-order valence-electron chi connectivity index (χ4n) is 3.50. The number of rotatable bonds is 3. The van der Waals surface area contributed by atoms with Gasteiger partial charge in [0, 0.05) is 35.1 Å². The van der Waals surface area contributed by atoms with Crippen LogP contribution < -0.4 is 10.9 Å². The molecule has 1 N–H and O–H groups in total. The summed E-state index contributed by atoms with van der Waals surface area (Å²) in [6.45, 7) is 0.994. The zero-order chi connectivity index (χ0) is 19.7. The molecule has 1 amide bonds. The first-order chi connectivity index (χ1) is 13.5. The number of carbonyl (C=O) groups excluding carboxylic acids is 1. The van der Waals surface area contributed by atoms with Gasteiger partial charge in [-0.15, -0.1) is 0 Å². The van der Waals surface area contributed by atoms with Crippen LogP contribution in [0.1, 0.15) is 41.0 Å². The molecule has 0 saturated heterocycles. The zero-order valence-electron chi connectivity index (χ0n) is 15.2. The SMILES string of the molecule is O=C(NCc1ccc(Cl)cc1Cl)c1ccc2c(=O)n3c(nc2c1)CCCCC3.